The van der Waals surface area contributed by atoms with Crippen molar-refractivity contribution in [3.8, 4) is 22.4 Å². The van der Waals surface area contributed by atoms with Crippen molar-refractivity contribution in [2.24, 2.45) is 7.05 Å². The van der Waals surface area contributed by atoms with E-state index in [1.165, 1.54) is 47.3 Å². The highest BCUT2D eigenvalue weighted by Crippen LogP contribution is 2.29. The highest BCUT2D eigenvalue weighted by molar-refractivity contribution is 7.15. The molecular formula is C16H12N4O3S. The zero-order valence-corrected chi connectivity index (χ0v) is 13.4. The van der Waals surface area contributed by atoms with Gasteiger partial charge >= 0.3 is 5.69 Å². The Kier molecular flexibility index (Phi) is 4.02. The van der Waals surface area contributed by atoms with Crippen LogP contribution in [0.15, 0.2) is 46.2 Å². The maximum absolute atomic E-state index is 12.0. The third kappa shape index (κ3) is 2.85. The van der Waals surface area contributed by atoms with Gasteiger partial charge in [-0.2, -0.15) is 5.26 Å². The summed E-state index contributed by atoms with van der Waals surface area (Å²) < 4.78 is 2.47. The van der Waals surface area contributed by atoms with Gasteiger partial charge in [-0.05, 0) is 12.1 Å². The van der Waals surface area contributed by atoms with Crippen LogP contribution in [0.4, 0.5) is 0 Å². The Balaban J connectivity index is 1.91. The van der Waals surface area contributed by atoms with Crippen LogP contribution in [0, 0.1) is 11.3 Å². The Hall–Kier alpha value is -3.18. The van der Waals surface area contributed by atoms with Gasteiger partial charge in [-0.15, -0.1) is 11.3 Å². The fourth-order valence-electron chi connectivity index (χ4n) is 2.18. The van der Waals surface area contributed by atoms with E-state index >= 15 is 0 Å². The second kappa shape index (κ2) is 6.14. The van der Waals surface area contributed by atoms with E-state index in [-0.39, 0.29) is 16.9 Å². The van der Waals surface area contributed by atoms with Gasteiger partial charge in [0, 0.05) is 35.9 Å². The highest BCUT2D eigenvalue weighted by atomic mass is 32.1. The highest BCUT2D eigenvalue weighted by Gasteiger charge is 2.09. The Bertz CT molecular complexity index is 1070. The molecule has 0 aliphatic rings. The fraction of sp³-hybridized carbons (Fsp3) is 0.125. The van der Waals surface area contributed by atoms with E-state index in [1.807, 2.05) is 6.07 Å². The molecule has 0 unspecified atom stereocenters. The molecule has 1 N–H and O–H groups in total. The van der Waals surface area contributed by atoms with Crippen LogP contribution in [0.2, 0.25) is 0 Å². The van der Waals surface area contributed by atoms with Crippen LogP contribution < -0.4 is 11.2 Å². The van der Waals surface area contributed by atoms with Crippen molar-refractivity contribution in [2.45, 2.75) is 6.54 Å². The van der Waals surface area contributed by atoms with Crippen molar-refractivity contribution in [2.75, 3.05) is 0 Å². The molecule has 0 radical (unpaired) electrons. The van der Waals surface area contributed by atoms with E-state index in [1.54, 1.807) is 12.3 Å². The first-order valence-electron chi connectivity index (χ1n) is 6.94. The Labute approximate surface area is 140 Å². The van der Waals surface area contributed by atoms with Crippen LogP contribution in [0.25, 0.3) is 10.6 Å². The Morgan fingerprint density at radius 3 is 2.83 bits per heavy atom. The Morgan fingerprint density at radius 1 is 1.33 bits per heavy atom. The molecule has 0 bridgehead atoms. The lowest BCUT2D eigenvalue weighted by Gasteiger charge is -2.04. The summed E-state index contributed by atoms with van der Waals surface area (Å²) in [5.41, 5.74) is 0.144. The molecule has 2 heterocycles. The van der Waals surface area contributed by atoms with Gasteiger partial charge < -0.3 is 5.11 Å². The van der Waals surface area contributed by atoms with E-state index in [2.05, 4.69) is 4.98 Å². The summed E-state index contributed by atoms with van der Waals surface area (Å²) in [5, 5.41) is 19.3. The van der Waals surface area contributed by atoms with E-state index in [9.17, 15) is 14.7 Å². The lowest BCUT2D eigenvalue weighted by molar-refractivity contribution is 0.474. The number of nitriles is 1. The molecule has 0 amide bonds. The van der Waals surface area contributed by atoms with Gasteiger partial charge in [-0.3, -0.25) is 13.9 Å². The topological polar surface area (TPSA) is 101 Å². The minimum absolute atomic E-state index is 0.0963. The summed E-state index contributed by atoms with van der Waals surface area (Å²) in [7, 11) is 1.43. The van der Waals surface area contributed by atoms with Crippen molar-refractivity contribution >= 4 is 11.3 Å². The minimum Gasteiger partial charge on any atom is -0.507 e. The molecule has 7 nitrogen and oxygen atoms in total. The maximum atomic E-state index is 12.0. The normalized spacial score (nSPS) is 10.5. The number of rotatable bonds is 3. The third-order valence-corrected chi connectivity index (χ3v) is 4.54. The third-order valence-electron chi connectivity index (χ3n) is 3.51. The average molecular weight is 340 g/mol. The number of thiazole rings is 1. The Morgan fingerprint density at radius 2 is 2.12 bits per heavy atom. The second-order valence-corrected chi connectivity index (χ2v) is 6.21. The molecule has 1 aromatic carbocycles. The van der Waals surface area contributed by atoms with E-state index in [0.717, 1.165) is 9.44 Å². The fourth-order valence-corrected chi connectivity index (χ4v) is 3.09. The molecule has 0 saturated carbocycles. The van der Waals surface area contributed by atoms with Crippen LogP contribution in [0.1, 0.15) is 10.4 Å². The van der Waals surface area contributed by atoms with Crippen LogP contribution in [-0.2, 0) is 13.6 Å². The van der Waals surface area contributed by atoms with Gasteiger partial charge in [0.05, 0.1) is 12.1 Å². The molecule has 24 heavy (non-hydrogen) atoms. The van der Waals surface area contributed by atoms with Gasteiger partial charge in [0.2, 0.25) is 0 Å². The number of hydrogen-bond acceptors (Lipinski definition) is 6. The molecule has 0 aliphatic carbocycles. The van der Waals surface area contributed by atoms with Crippen molar-refractivity contribution in [1.29, 1.82) is 5.26 Å². The molecule has 0 atom stereocenters. The lowest BCUT2D eigenvalue weighted by atomic mass is 10.1. The first-order valence-corrected chi connectivity index (χ1v) is 7.76. The van der Waals surface area contributed by atoms with E-state index < -0.39 is 5.69 Å². The smallest absolute Gasteiger partial charge is 0.331 e. The summed E-state index contributed by atoms with van der Waals surface area (Å²) in [6.45, 7) is 0.298. The second-order valence-electron chi connectivity index (χ2n) is 5.10. The molecule has 120 valence electrons. The number of nitrogens with zero attached hydrogens (tertiary/aromatic N) is 4. The standard InChI is InChI=1S/C16H12N4O3S/c1-19-14(22)4-5-20(16(19)23)9-12-8-18-15(24-12)10-2-3-11(7-17)13(21)6-10/h2-6,8,21H,9H2,1H3. The first-order chi connectivity index (χ1) is 11.5. The summed E-state index contributed by atoms with van der Waals surface area (Å²) in [5.74, 6) is -0.0963. The molecular weight excluding hydrogens is 328 g/mol. The number of aromatic nitrogens is 3. The van der Waals surface area contributed by atoms with E-state index in [4.69, 9.17) is 5.26 Å². The quantitative estimate of drug-likeness (QED) is 0.774. The molecule has 2 aromatic heterocycles. The molecule has 8 heteroatoms. The number of aromatic hydroxyl groups is 1. The van der Waals surface area contributed by atoms with Crippen molar-refractivity contribution in [3.63, 3.8) is 0 Å². The zero-order valence-electron chi connectivity index (χ0n) is 12.6. The first kappa shape index (κ1) is 15.7. The monoisotopic (exact) mass is 340 g/mol. The predicted octanol–water partition coefficient (Wildman–Crippen LogP) is 1.30. The predicted molar refractivity (Wildman–Crippen MR) is 89.0 cm³/mol. The molecule has 0 spiro atoms. The van der Waals surface area contributed by atoms with Crippen LogP contribution in [0.5, 0.6) is 5.75 Å². The van der Waals surface area contributed by atoms with Crippen LogP contribution >= 0.6 is 11.3 Å². The molecule has 3 rings (SSSR count). The van der Waals surface area contributed by atoms with Crippen molar-refractivity contribution in [3.05, 3.63) is 67.9 Å². The number of phenolic OH excluding ortho intramolecular Hbond substituents is 1. The average Bonchev–Trinajstić information content (AvgIpc) is 3.04. The molecule has 0 saturated heterocycles. The number of hydrogen-bond donors (Lipinski definition) is 1. The van der Waals surface area contributed by atoms with Crippen LogP contribution in [0.3, 0.4) is 0 Å². The zero-order chi connectivity index (χ0) is 17.3. The van der Waals surface area contributed by atoms with E-state index in [0.29, 0.717) is 17.1 Å². The molecule has 0 aliphatic heterocycles. The maximum Gasteiger partial charge on any atom is 0.331 e. The summed E-state index contributed by atoms with van der Waals surface area (Å²) in [4.78, 5) is 28.6. The summed E-state index contributed by atoms with van der Waals surface area (Å²) in [6, 6.07) is 7.95. The van der Waals surface area contributed by atoms with Gasteiger partial charge in [0.1, 0.15) is 16.8 Å². The summed E-state index contributed by atoms with van der Waals surface area (Å²) >= 11 is 1.37. The largest absolute Gasteiger partial charge is 0.507 e. The van der Waals surface area contributed by atoms with Gasteiger partial charge in [-0.25, -0.2) is 9.78 Å². The molecule has 3 aromatic rings. The van der Waals surface area contributed by atoms with Crippen molar-refractivity contribution in [1.82, 2.24) is 14.1 Å². The minimum atomic E-state index is -0.395. The lowest BCUT2D eigenvalue weighted by Crippen LogP contribution is -2.36. The van der Waals surface area contributed by atoms with Gasteiger partial charge in [-0.1, -0.05) is 6.07 Å². The van der Waals surface area contributed by atoms with Gasteiger partial charge in [0.25, 0.3) is 5.56 Å². The van der Waals surface area contributed by atoms with Crippen LogP contribution in [-0.4, -0.2) is 19.2 Å². The van der Waals surface area contributed by atoms with Gasteiger partial charge in [0.15, 0.2) is 0 Å². The SMILES string of the molecule is Cn1c(=O)ccn(Cc2cnc(-c3ccc(C#N)c(O)c3)s2)c1=O. The number of benzene rings is 1. The number of phenols is 1. The molecule has 0 fully saturated rings. The van der Waals surface area contributed by atoms with Crippen molar-refractivity contribution < 1.29 is 5.11 Å². The summed E-state index contributed by atoms with van der Waals surface area (Å²) in [6.07, 6.45) is 3.10.